The van der Waals surface area contributed by atoms with Crippen molar-refractivity contribution in [3.8, 4) is 17.6 Å². The van der Waals surface area contributed by atoms with Crippen LogP contribution in [0, 0.1) is 23.0 Å². The molecule has 0 atom stereocenters. The summed E-state index contributed by atoms with van der Waals surface area (Å²) in [4.78, 5) is 15.0. The van der Waals surface area contributed by atoms with Crippen LogP contribution in [0.2, 0.25) is 0 Å². The predicted octanol–water partition coefficient (Wildman–Crippen LogP) is 6.16. The number of nitriles is 1. The van der Waals surface area contributed by atoms with E-state index in [9.17, 15) is 32.0 Å². The molecule has 1 heterocycles. The lowest BCUT2D eigenvalue weighted by Gasteiger charge is -2.35. The zero-order valence-electron chi connectivity index (χ0n) is 20.1. The molecule has 1 amide bonds. The van der Waals surface area contributed by atoms with Crippen molar-refractivity contribution in [1.82, 2.24) is 0 Å². The van der Waals surface area contributed by atoms with Gasteiger partial charge in [-0.05, 0) is 48.5 Å². The van der Waals surface area contributed by atoms with Crippen molar-refractivity contribution in [1.29, 1.82) is 5.26 Å². The van der Waals surface area contributed by atoms with E-state index in [0.717, 1.165) is 24.3 Å². The van der Waals surface area contributed by atoms with Gasteiger partial charge in [0, 0.05) is 32.0 Å². The zero-order valence-corrected chi connectivity index (χ0v) is 20.1. The van der Waals surface area contributed by atoms with Gasteiger partial charge in [0.25, 0.3) is 5.91 Å². The SMILES string of the molecule is COc1ccc(C(F)(F)F)cc1C(=O)Nc1cc(C#N)ccc1N1CCC(Oc2ccc(F)cc2F)CC1. The maximum absolute atomic E-state index is 14.0. The van der Waals surface area contributed by atoms with Gasteiger partial charge >= 0.3 is 6.18 Å². The minimum absolute atomic E-state index is 0.0422. The Morgan fingerprint density at radius 2 is 1.74 bits per heavy atom. The third-order valence-electron chi connectivity index (χ3n) is 6.12. The Morgan fingerprint density at radius 1 is 1.03 bits per heavy atom. The van der Waals surface area contributed by atoms with Crippen molar-refractivity contribution < 1.29 is 36.2 Å². The van der Waals surface area contributed by atoms with E-state index < -0.39 is 29.3 Å². The van der Waals surface area contributed by atoms with Crippen LogP contribution >= 0.6 is 0 Å². The zero-order chi connectivity index (χ0) is 27.4. The molecule has 0 aliphatic carbocycles. The molecule has 0 spiro atoms. The van der Waals surface area contributed by atoms with Crippen molar-refractivity contribution in [2.45, 2.75) is 25.1 Å². The fraction of sp³-hybridized carbons (Fsp3) is 0.259. The highest BCUT2D eigenvalue weighted by Crippen LogP contribution is 2.35. The van der Waals surface area contributed by atoms with E-state index in [4.69, 9.17) is 9.47 Å². The minimum atomic E-state index is -4.66. The number of amides is 1. The molecule has 11 heteroatoms. The maximum Gasteiger partial charge on any atom is 0.416 e. The van der Waals surface area contributed by atoms with Crippen LogP contribution in [0.25, 0.3) is 0 Å². The summed E-state index contributed by atoms with van der Waals surface area (Å²) in [5.41, 5.74) is -0.296. The van der Waals surface area contributed by atoms with Crippen LogP contribution in [0.4, 0.5) is 33.3 Å². The van der Waals surface area contributed by atoms with Crippen molar-refractivity contribution >= 4 is 17.3 Å². The van der Waals surface area contributed by atoms with E-state index in [-0.39, 0.29) is 34.4 Å². The fourth-order valence-electron chi connectivity index (χ4n) is 4.20. The lowest BCUT2D eigenvalue weighted by Crippen LogP contribution is -2.38. The van der Waals surface area contributed by atoms with Crippen molar-refractivity contribution in [3.63, 3.8) is 0 Å². The Balaban J connectivity index is 1.53. The number of nitrogens with zero attached hydrogens (tertiary/aromatic N) is 2. The number of nitrogens with one attached hydrogen (secondary N) is 1. The van der Waals surface area contributed by atoms with E-state index in [2.05, 4.69) is 5.32 Å². The first-order valence-electron chi connectivity index (χ1n) is 11.6. The Kier molecular flexibility index (Phi) is 7.71. The highest BCUT2D eigenvalue weighted by Gasteiger charge is 2.32. The van der Waals surface area contributed by atoms with Gasteiger partial charge in [0.15, 0.2) is 11.6 Å². The fourth-order valence-corrected chi connectivity index (χ4v) is 4.20. The van der Waals surface area contributed by atoms with Gasteiger partial charge in [0.05, 0.1) is 41.2 Å². The Labute approximate surface area is 215 Å². The number of alkyl halides is 3. The van der Waals surface area contributed by atoms with Gasteiger partial charge in [0.1, 0.15) is 17.7 Å². The first kappa shape index (κ1) is 26.7. The number of benzene rings is 3. The number of carbonyl (C=O) groups excluding carboxylic acids is 1. The molecule has 6 nitrogen and oxygen atoms in total. The van der Waals surface area contributed by atoms with Crippen LogP contribution in [-0.4, -0.2) is 32.2 Å². The minimum Gasteiger partial charge on any atom is -0.496 e. The van der Waals surface area contributed by atoms with Crippen molar-refractivity contribution in [2.24, 2.45) is 0 Å². The number of hydrogen-bond donors (Lipinski definition) is 1. The number of carbonyl (C=O) groups is 1. The molecule has 1 aliphatic rings. The summed E-state index contributed by atoms with van der Waals surface area (Å²) in [6, 6.07) is 12.3. The average Bonchev–Trinajstić information content (AvgIpc) is 2.89. The highest BCUT2D eigenvalue weighted by molar-refractivity contribution is 6.08. The summed E-state index contributed by atoms with van der Waals surface area (Å²) in [6.07, 6.45) is -4.04. The number of methoxy groups -OCH3 is 1. The normalized spacial score (nSPS) is 14.1. The summed E-state index contributed by atoms with van der Waals surface area (Å²) in [5.74, 6) is -2.43. The van der Waals surface area contributed by atoms with Gasteiger partial charge in [-0.25, -0.2) is 8.78 Å². The van der Waals surface area contributed by atoms with Crippen LogP contribution in [0.5, 0.6) is 11.5 Å². The second-order valence-corrected chi connectivity index (χ2v) is 8.59. The number of halogens is 5. The largest absolute Gasteiger partial charge is 0.496 e. The predicted molar refractivity (Wildman–Crippen MR) is 129 cm³/mol. The molecule has 4 rings (SSSR count). The Hall–Kier alpha value is -4.33. The van der Waals surface area contributed by atoms with Gasteiger partial charge < -0.3 is 19.7 Å². The average molecular weight is 531 g/mol. The molecule has 1 aliphatic heterocycles. The van der Waals surface area contributed by atoms with Crippen LogP contribution in [0.3, 0.4) is 0 Å². The van der Waals surface area contributed by atoms with E-state index >= 15 is 0 Å². The van der Waals surface area contributed by atoms with Gasteiger partial charge in [-0.15, -0.1) is 0 Å². The lowest BCUT2D eigenvalue weighted by molar-refractivity contribution is -0.137. The third kappa shape index (κ3) is 5.96. The summed E-state index contributed by atoms with van der Waals surface area (Å²) in [5, 5.41) is 12.0. The van der Waals surface area contributed by atoms with Crippen molar-refractivity contribution in [3.05, 3.63) is 82.9 Å². The molecule has 0 aromatic heterocycles. The molecule has 3 aromatic rings. The van der Waals surface area contributed by atoms with Crippen LogP contribution < -0.4 is 19.7 Å². The molecule has 0 radical (unpaired) electrons. The summed E-state index contributed by atoms with van der Waals surface area (Å²) in [7, 11) is 1.24. The lowest BCUT2D eigenvalue weighted by atomic mass is 10.0. The molecular formula is C27H22F5N3O3. The first-order valence-corrected chi connectivity index (χ1v) is 11.6. The highest BCUT2D eigenvalue weighted by atomic mass is 19.4. The number of rotatable bonds is 6. The third-order valence-corrected chi connectivity index (χ3v) is 6.12. The molecule has 0 saturated carbocycles. The van der Waals surface area contributed by atoms with Crippen LogP contribution in [0.15, 0.2) is 54.6 Å². The Bertz CT molecular complexity index is 1380. The van der Waals surface area contributed by atoms with Gasteiger partial charge in [0.2, 0.25) is 0 Å². The molecule has 1 N–H and O–H groups in total. The molecule has 38 heavy (non-hydrogen) atoms. The standard InChI is InChI=1S/C27H22F5N3O3/c1-37-24-6-3-17(27(30,31)32)13-20(24)26(36)34-22-12-16(15-33)2-5-23(22)35-10-8-19(9-11-35)38-25-7-4-18(28)14-21(25)29/h2-7,12-14,19H,8-11H2,1H3,(H,34,36). The van der Waals surface area contributed by atoms with E-state index in [0.29, 0.717) is 37.7 Å². The topological polar surface area (TPSA) is 74.6 Å². The molecular weight excluding hydrogens is 509 g/mol. The summed E-state index contributed by atoms with van der Waals surface area (Å²) in [6.45, 7) is 0.879. The van der Waals surface area contributed by atoms with Crippen LogP contribution in [0.1, 0.15) is 34.3 Å². The number of ether oxygens (including phenoxy) is 2. The number of anilines is 2. The van der Waals surface area contributed by atoms with E-state index in [1.165, 1.54) is 19.2 Å². The van der Waals surface area contributed by atoms with E-state index in [1.54, 1.807) is 12.1 Å². The van der Waals surface area contributed by atoms with Crippen molar-refractivity contribution in [2.75, 3.05) is 30.4 Å². The molecule has 0 unspecified atom stereocenters. The first-order chi connectivity index (χ1) is 18.1. The second-order valence-electron chi connectivity index (χ2n) is 8.59. The smallest absolute Gasteiger partial charge is 0.416 e. The Morgan fingerprint density at radius 3 is 2.37 bits per heavy atom. The van der Waals surface area contributed by atoms with Gasteiger partial charge in [-0.2, -0.15) is 18.4 Å². The molecule has 198 valence electrons. The van der Waals surface area contributed by atoms with Crippen LogP contribution in [-0.2, 0) is 6.18 Å². The van der Waals surface area contributed by atoms with Gasteiger partial charge in [-0.1, -0.05) is 0 Å². The van der Waals surface area contributed by atoms with E-state index in [1.807, 2.05) is 11.0 Å². The summed E-state index contributed by atoms with van der Waals surface area (Å²) >= 11 is 0. The van der Waals surface area contributed by atoms with Gasteiger partial charge in [-0.3, -0.25) is 4.79 Å². The molecule has 3 aromatic carbocycles. The number of hydrogen-bond acceptors (Lipinski definition) is 5. The summed E-state index contributed by atoms with van der Waals surface area (Å²) < 4.78 is 77.6. The molecule has 1 fully saturated rings. The second kappa shape index (κ2) is 11.0. The monoisotopic (exact) mass is 531 g/mol. The number of piperidine rings is 1. The quantitative estimate of drug-likeness (QED) is 0.386. The molecule has 1 saturated heterocycles. The molecule has 0 bridgehead atoms. The maximum atomic E-state index is 14.0.